The van der Waals surface area contributed by atoms with Crippen LogP contribution in [0.25, 0.3) is 11.0 Å². The molecule has 3 heterocycles. The minimum absolute atomic E-state index is 0.00762. The number of rotatable bonds is 6. The Morgan fingerprint density at radius 2 is 1.91 bits per heavy atom. The molecule has 2 aliphatic heterocycles. The molecule has 0 spiro atoms. The fourth-order valence-electron chi connectivity index (χ4n) is 4.74. The first-order valence-corrected chi connectivity index (χ1v) is 13.5. The van der Waals surface area contributed by atoms with Gasteiger partial charge >= 0.3 is 0 Å². The Hall–Kier alpha value is -2.84. The molecule has 0 N–H and O–H groups in total. The number of hydrogen-bond acceptors (Lipinski definition) is 6. The van der Waals surface area contributed by atoms with Crippen LogP contribution in [-0.2, 0) is 9.84 Å². The quantitative estimate of drug-likeness (QED) is 0.466. The molecular formula is C25H24ClNO6S. The zero-order valence-electron chi connectivity index (χ0n) is 18.6. The molecule has 1 fully saturated rings. The van der Waals surface area contributed by atoms with Crippen LogP contribution in [0.5, 0.6) is 5.75 Å². The van der Waals surface area contributed by atoms with E-state index in [1.165, 1.54) is 11.0 Å². The maximum Gasteiger partial charge on any atom is 0.291 e. The van der Waals surface area contributed by atoms with Crippen LogP contribution in [0.3, 0.4) is 0 Å². The first-order chi connectivity index (χ1) is 16.3. The van der Waals surface area contributed by atoms with E-state index in [1.807, 2.05) is 12.1 Å². The molecule has 1 amide bonds. The molecule has 2 aliphatic rings. The van der Waals surface area contributed by atoms with E-state index >= 15 is 0 Å². The van der Waals surface area contributed by atoms with E-state index in [1.54, 1.807) is 24.3 Å². The molecule has 0 radical (unpaired) electrons. The number of sulfone groups is 1. The monoisotopic (exact) mass is 501 g/mol. The molecule has 178 valence electrons. The molecule has 1 saturated heterocycles. The fourth-order valence-corrected chi connectivity index (χ4v) is 6.63. The standard InChI is InChI=1S/C25H24ClNO6S/c1-2-3-11-32-18-7-4-15(5-8-18)22-21-23(28)19-13-16(26)6-9-20(19)33-24(21)25(29)27(22)17-10-12-34(30,31)14-17/h4-9,13,17,22H,2-3,10-12,14H2,1H3. The van der Waals surface area contributed by atoms with E-state index in [2.05, 4.69) is 6.92 Å². The SMILES string of the molecule is CCCCOc1ccc(C2c3c(oc4ccc(Cl)cc4c3=O)C(=O)N2C2CCS(=O)(=O)C2)cc1. The van der Waals surface area contributed by atoms with Crippen molar-refractivity contribution in [2.45, 2.75) is 38.3 Å². The molecule has 2 aromatic carbocycles. The highest BCUT2D eigenvalue weighted by molar-refractivity contribution is 7.91. The van der Waals surface area contributed by atoms with Crippen LogP contribution in [0, 0.1) is 0 Å². The number of halogens is 1. The minimum Gasteiger partial charge on any atom is -0.494 e. The van der Waals surface area contributed by atoms with Crippen molar-refractivity contribution in [3.05, 3.63) is 74.6 Å². The van der Waals surface area contributed by atoms with E-state index in [9.17, 15) is 18.0 Å². The van der Waals surface area contributed by atoms with Gasteiger partial charge in [-0.25, -0.2) is 8.42 Å². The second-order valence-corrected chi connectivity index (χ2v) is 11.4. The molecule has 0 saturated carbocycles. The van der Waals surface area contributed by atoms with Crippen LogP contribution >= 0.6 is 11.6 Å². The fraction of sp³-hybridized carbons (Fsp3) is 0.360. The van der Waals surface area contributed by atoms with Crippen LogP contribution in [0.1, 0.15) is 53.9 Å². The van der Waals surface area contributed by atoms with Gasteiger partial charge in [0.1, 0.15) is 11.3 Å². The third-order valence-electron chi connectivity index (χ3n) is 6.43. The van der Waals surface area contributed by atoms with Crippen LogP contribution < -0.4 is 10.2 Å². The van der Waals surface area contributed by atoms with Crippen LogP contribution in [0.2, 0.25) is 5.02 Å². The van der Waals surface area contributed by atoms with Crippen molar-refractivity contribution >= 4 is 38.3 Å². The summed E-state index contributed by atoms with van der Waals surface area (Å²) in [6.45, 7) is 2.68. The average molecular weight is 502 g/mol. The van der Waals surface area contributed by atoms with E-state index < -0.39 is 27.8 Å². The van der Waals surface area contributed by atoms with E-state index in [0.29, 0.717) is 29.4 Å². The maximum absolute atomic E-state index is 13.6. The topological polar surface area (TPSA) is 93.9 Å². The Morgan fingerprint density at radius 3 is 2.59 bits per heavy atom. The molecule has 5 rings (SSSR count). The van der Waals surface area contributed by atoms with E-state index in [-0.39, 0.29) is 39.2 Å². The second-order valence-electron chi connectivity index (χ2n) is 8.76. The van der Waals surface area contributed by atoms with Gasteiger partial charge in [0.25, 0.3) is 5.91 Å². The predicted octanol–water partition coefficient (Wildman–Crippen LogP) is 4.36. The number of amides is 1. The van der Waals surface area contributed by atoms with Crippen molar-refractivity contribution < 1.29 is 22.4 Å². The van der Waals surface area contributed by atoms with Crippen molar-refractivity contribution in [3.8, 4) is 5.75 Å². The van der Waals surface area contributed by atoms with Gasteiger partial charge in [0.05, 0.1) is 35.1 Å². The molecule has 9 heteroatoms. The number of ether oxygens (including phenoxy) is 1. The minimum atomic E-state index is -3.26. The van der Waals surface area contributed by atoms with Crippen molar-refractivity contribution in [1.82, 2.24) is 4.90 Å². The molecule has 0 bridgehead atoms. The molecule has 1 aromatic heterocycles. The summed E-state index contributed by atoms with van der Waals surface area (Å²) in [5, 5.41) is 0.664. The van der Waals surface area contributed by atoms with Crippen molar-refractivity contribution in [1.29, 1.82) is 0 Å². The molecular weight excluding hydrogens is 478 g/mol. The third-order valence-corrected chi connectivity index (χ3v) is 8.42. The van der Waals surface area contributed by atoms with E-state index in [0.717, 1.165) is 12.8 Å². The first-order valence-electron chi connectivity index (χ1n) is 11.3. The van der Waals surface area contributed by atoms with Gasteiger partial charge in [-0.3, -0.25) is 9.59 Å². The molecule has 34 heavy (non-hydrogen) atoms. The lowest BCUT2D eigenvalue weighted by atomic mass is 9.97. The van der Waals surface area contributed by atoms with Gasteiger partial charge in [-0.05, 0) is 48.7 Å². The summed E-state index contributed by atoms with van der Waals surface area (Å²) in [6.07, 6.45) is 2.27. The van der Waals surface area contributed by atoms with Gasteiger partial charge in [-0.15, -0.1) is 0 Å². The summed E-state index contributed by atoms with van der Waals surface area (Å²) in [7, 11) is -3.26. The number of carbonyl (C=O) groups is 1. The predicted molar refractivity (Wildman–Crippen MR) is 129 cm³/mol. The third kappa shape index (κ3) is 3.99. The van der Waals surface area contributed by atoms with Gasteiger partial charge in [0.2, 0.25) is 5.76 Å². The van der Waals surface area contributed by atoms with Crippen molar-refractivity contribution in [2.24, 2.45) is 0 Å². The molecule has 7 nitrogen and oxygen atoms in total. The Balaban J connectivity index is 1.64. The van der Waals surface area contributed by atoms with Gasteiger partial charge in [-0.2, -0.15) is 0 Å². The summed E-state index contributed by atoms with van der Waals surface area (Å²) in [4.78, 5) is 28.6. The number of benzene rings is 2. The number of unbranched alkanes of at least 4 members (excludes halogenated alkanes) is 1. The Bertz CT molecular complexity index is 1430. The summed E-state index contributed by atoms with van der Waals surface area (Å²) in [5.74, 6) is 0.0417. The average Bonchev–Trinajstić information content (AvgIpc) is 3.31. The lowest BCUT2D eigenvalue weighted by Crippen LogP contribution is -2.40. The molecule has 2 atom stereocenters. The molecule has 0 aliphatic carbocycles. The smallest absolute Gasteiger partial charge is 0.291 e. The highest BCUT2D eigenvalue weighted by Crippen LogP contribution is 2.41. The maximum atomic E-state index is 13.6. The van der Waals surface area contributed by atoms with Gasteiger partial charge in [-0.1, -0.05) is 37.1 Å². The van der Waals surface area contributed by atoms with Crippen LogP contribution in [0.15, 0.2) is 51.7 Å². The zero-order chi connectivity index (χ0) is 24.0. The number of carbonyl (C=O) groups excluding carboxylic acids is 1. The van der Waals surface area contributed by atoms with Crippen LogP contribution in [0.4, 0.5) is 0 Å². The van der Waals surface area contributed by atoms with E-state index in [4.69, 9.17) is 20.8 Å². The molecule has 2 unspecified atom stereocenters. The van der Waals surface area contributed by atoms with Gasteiger partial charge < -0.3 is 14.1 Å². The summed E-state index contributed by atoms with van der Waals surface area (Å²) < 4.78 is 36.1. The van der Waals surface area contributed by atoms with Crippen molar-refractivity contribution in [2.75, 3.05) is 18.1 Å². The number of nitrogens with zero attached hydrogens (tertiary/aromatic N) is 1. The second kappa shape index (κ2) is 8.74. The highest BCUT2D eigenvalue weighted by Gasteiger charge is 2.48. The number of hydrogen-bond donors (Lipinski definition) is 0. The Morgan fingerprint density at radius 1 is 1.15 bits per heavy atom. The Labute approximate surface area is 202 Å². The van der Waals surface area contributed by atoms with Crippen LogP contribution in [-0.4, -0.2) is 43.4 Å². The normalized spacial score (nSPS) is 21.2. The number of fused-ring (bicyclic) bond motifs is 2. The summed E-state index contributed by atoms with van der Waals surface area (Å²) >= 11 is 6.12. The summed E-state index contributed by atoms with van der Waals surface area (Å²) in [5.41, 5.74) is 0.821. The van der Waals surface area contributed by atoms with Gasteiger partial charge in [0.15, 0.2) is 15.3 Å². The lowest BCUT2D eigenvalue weighted by Gasteiger charge is -2.30. The van der Waals surface area contributed by atoms with Crippen molar-refractivity contribution in [3.63, 3.8) is 0 Å². The van der Waals surface area contributed by atoms with Gasteiger partial charge in [0, 0.05) is 11.1 Å². The Kier molecular flexibility index (Phi) is 5.90. The zero-order valence-corrected chi connectivity index (χ0v) is 20.2. The highest BCUT2D eigenvalue weighted by atomic mass is 35.5. The lowest BCUT2D eigenvalue weighted by molar-refractivity contribution is 0.0662. The summed E-state index contributed by atoms with van der Waals surface area (Å²) in [6, 6.07) is 10.6. The molecule has 3 aromatic rings. The largest absolute Gasteiger partial charge is 0.494 e. The first kappa shape index (κ1) is 22.9.